The minimum absolute atomic E-state index is 0.392. The van der Waals surface area contributed by atoms with Crippen LogP contribution in [0.5, 0.6) is 0 Å². The first-order chi connectivity index (χ1) is 5.36. The molecule has 0 unspecified atom stereocenters. The molecule has 2 fully saturated rings. The highest BCUT2D eigenvalue weighted by Crippen LogP contribution is 2.12. The molecule has 2 aliphatic heterocycles. The highest BCUT2D eigenvalue weighted by molar-refractivity contribution is 5.04. The molecule has 4 heteroatoms. The van der Waals surface area contributed by atoms with Gasteiger partial charge in [0.15, 0.2) is 0 Å². The first-order valence-corrected chi connectivity index (χ1v) is 3.86. The van der Waals surface area contributed by atoms with Crippen molar-refractivity contribution in [2.75, 3.05) is 19.8 Å². The summed E-state index contributed by atoms with van der Waals surface area (Å²) in [7, 11) is 0. The SMILES string of the molecule is C[C@H]1CO/C(=C2/NCCO2)N1. The quantitative estimate of drug-likeness (QED) is 0.507. The average molecular weight is 156 g/mol. The second kappa shape index (κ2) is 2.53. The zero-order chi connectivity index (χ0) is 7.68. The summed E-state index contributed by atoms with van der Waals surface area (Å²) in [5, 5.41) is 6.25. The van der Waals surface area contributed by atoms with Crippen LogP contribution in [0.2, 0.25) is 0 Å². The zero-order valence-electron chi connectivity index (χ0n) is 6.52. The minimum atomic E-state index is 0.392. The van der Waals surface area contributed by atoms with E-state index in [1.807, 2.05) is 0 Å². The van der Waals surface area contributed by atoms with Crippen LogP contribution in [0.25, 0.3) is 0 Å². The molecule has 11 heavy (non-hydrogen) atoms. The van der Waals surface area contributed by atoms with Gasteiger partial charge in [-0.25, -0.2) is 0 Å². The van der Waals surface area contributed by atoms with Gasteiger partial charge >= 0.3 is 0 Å². The highest BCUT2D eigenvalue weighted by Gasteiger charge is 2.22. The van der Waals surface area contributed by atoms with Crippen LogP contribution >= 0.6 is 0 Å². The van der Waals surface area contributed by atoms with Crippen molar-refractivity contribution in [3.63, 3.8) is 0 Å². The van der Waals surface area contributed by atoms with Gasteiger partial charge in [0.25, 0.3) is 0 Å². The molecule has 0 aromatic heterocycles. The van der Waals surface area contributed by atoms with E-state index in [2.05, 4.69) is 17.6 Å². The van der Waals surface area contributed by atoms with Crippen molar-refractivity contribution in [1.29, 1.82) is 0 Å². The van der Waals surface area contributed by atoms with E-state index >= 15 is 0 Å². The maximum atomic E-state index is 5.33. The second-order valence-corrected chi connectivity index (χ2v) is 2.79. The van der Waals surface area contributed by atoms with Crippen molar-refractivity contribution in [3.05, 3.63) is 11.8 Å². The minimum Gasteiger partial charge on any atom is -0.474 e. The summed E-state index contributed by atoms with van der Waals surface area (Å²) in [6.07, 6.45) is 0. The summed E-state index contributed by atoms with van der Waals surface area (Å²) in [5.41, 5.74) is 0. The van der Waals surface area contributed by atoms with Gasteiger partial charge in [-0.05, 0) is 6.92 Å². The van der Waals surface area contributed by atoms with Gasteiger partial charge in [0, 0.05) is 0 Å². The molecular formula is C7H12N2O2. The van der Waals surface area contributed by atoms with Crippen LogP contribution in [0.15, 0.2) is 11.8 Å². The van der Waals surface area contributed by atoms with Crippen molar-refractivity contribution >= 4 is 0 Å². The molecule has 2 N–H and O–H groups in total. The van der Waals surface area contributed by atoms with Crippen LogP contribution in [-0.2, 0) is 9.47 Å². The van der Waals surface area contributed by atoms with Crippen molar-refractivity contribution in [2.24, 2.45) is 0 Å². The van der Waals surface area contributed by atoms with Gasteiger partial charge < -0.3 is 20.1 Å². The van der Waals surface area contributed by atoms with Crippen molar-refractivity contribution in [1.82, 2.24) is 10.6 Å². The predicted molar refractivity (Wildman–Crippen MR) is 39.5 cm³/mol. The Hall–Kier alpha value is -1.06. The number of hydrogen-bond acceptors (Lipinski definition) is 4. The van der Waals surface area contributed by atoms with Crippen LogP contribution in [0.4, 0.5) is 0 Å². The second-order valence-electron chi connectivity index (χ2n) is 2.79. The van der Waals surface area contributed by atoms with Crippen LogP contribution in [0.3, 0.4) is 0 Å². The van der Waals surface area contributed by atoms with E-state index in [1.165, 1.54) is 0 Å². The van der Waals surface area contributed by atoms with E-state index in [4.69, 9.17) is 9.47 Å². The lowest BCUT2D eigenvalue weighted by atomic mass is 10.4. The Labute approximate surface area is 65.6 Å². The maximum absolute atomic E-state index is 5.33. The maximum Gasteiger partial charge on any atom is 0.249 e. The molecule has 2 aliphatic rings. The van der Waals surface area contributed by atoms with Gasteiger partial charge in [-0.3, -0.25) is 0 Å². The first kappa shape index (κ1) is 6.64. The lowest BCUT2D eigenvalue weighted by Crippen LogP contribution is -2.20. The van der Waals surface area contributed by atoms with Crippen molar-refractivity contribution < 1.29 is 9.47 Å². The third kappa shape index (κ3) is 1.20. The van der Waals surface area contributed by atoms with Crippen LogP contribution in [0.1, 0.15) is 6.92 Å². The van der Waals surface area contributed by atoms with Crippen LogP contribution in [0, 0.1) is 0 Å². The fourth-order valence-electron chi connectivity index (χ4n) is 1.16. The standard InChI is InChI=1S/C7H12N2O2/c1-5-4-11-7(9-5)6-8-2-3-10-6/h5,8-9H,2-4H2,1H3/b7-6-/t5-/m0/s1. The van der Waals surface area contributed by atoms with E-state index in [-0.39, 0.29) is 0 Å². The van der Waals surface area contributed by atoms with Gasteiger partial charge in [-0.1, -0.05) is 0 Å². The molecule has 0 aromatic carbocycles. The predicted octanol–water partition coefficient (Wildman–Crippen LogP) is -0.259. The van der Waals surface area contributed by atoms with E-state index in [0.29, 0.717) is 6.04 Å². The van der Waals surface area contributed by atoms with Gasteiger partial charge in [0.05, 0.1) is 12.6 Å². The molecule has 0 amide bonds. The third-order valence-electron chi connectivity index (χ3n) is 1.70. The van der Waals surface area contributed by atoms with Gasteiger partial charge in [-0.2, -0.15) is 0 Å². The topological polar surface area (TPSA) is 42.5 Å². The molecule has 0 radical (unpaired) electrons. The normalized spacial score (nSPS) is 35.5. The molecule has 0 aromatic rings. The van der Waals surface area contributed by atoms with Crippen LogP contribution in [-0.4, -0.2) is 25.8 Å². The number of hydrogen-bond donors (Lipinski definition) is 2. The Morgan fingerprint density at radius 3 is 2.82 bits per heavy atom. The summed E-state index contributed by atoms with van der Waals surface area (Å²) in [6, 6.07) is 0.392. The Kier molecular flexibility index (Phi) is 1.52. The summed E-state index contributed by atoms with van der Waals surface area (Å²) >= 11 is 0. The van der Waals surface area contributed by atoms with E-state index in [9.17, 15) is 0 Å². The molecule has 0 spiro atoms. The third-order valence-corrected chi connectivity index (χ3v) is 1.70. The van der Waals surface area contributed by atoms with E-state index in [0.717, 1.165) is 31.5 Å². The molecule has 62 valence electrons. The van der Waals surface area contributed by atoms with Crippen LogP contribution < -0.4 is 10.6 Å². The number of rotatable bonds is 0. The number of nitrogens with one attached hydrogen (secondary N) is 2. The lowest BCUT2D eigenvalue weighted by molar-refractivity contribution is 0.200. The lowest BCUT2D eigenvalue weighted by Gasteiger charge is -2.03. The number of ether oxygens (including phenoxy) is 2. The molecule has 1 atom stereocenters. The molecule has 2 saturated heterocycles. The fraction of sp³-hybridized carbons (Fsp3) is 0.714. The fourth-order valence-corrected chi connectivity index (χ4v) is 1.16. The molecule has 0 bridgehead atoms. The zero-order valence-corrected chi connectivity index (χ0v) is 6.52. The smallest absolute Gasteiger partial charge is 0.249 e. The van der Waals surface area contributed by atoms with E-state index < -0.39 is 0 Å². The summed E-state index contributed by atoms with van der Waals surface area (Å²) in [6.45, 7) is 4.41. The Morgan fingerprint density at radius 2 is 2.27 bits per heavy atom. The average Bonchev–Trinajstić information content (AvgIpc) is 2.55. The van der Waals surface area contributed by atoms with Crippen molar-refractivity contribution in [2.45, 2.75) is 13.0 Å². The summed E-state index contributed by atoms with van der Waals surface area (Å²) in [4.78, 5) is 0. The van der Waals surface area contributed by atoms with Gasteiger partial charge in [0.1, 0.15) is 13.2 Å². The summed E-state index contributed by atoms with van der Waals surface area (Å²) < 4.78 is 10.6. The molecule has 0 saturated carbocycles. The highest BCUT2D eigenvalue weighted by atomic mass is 16.5. The molecule has 4 nitrogen and oxygen atoms in total. The largest absolute Gasteiger partial charge is 0.474 e. The Bertz CT molecular complexity index is 183. The molecule has 2 heterocycles. The summed E-state index contributed by atoms with van der Waals surface area (Å²) in [5.74, 6) is 1.52. The monoisotopic (exact) mass is 156 g/mol. The Balaban J connectivity index is 2.07. The molecule has 2 rings (SSSR count). The molecule has 0 aliphatic carbocycles. The van der Waals surface area contributed by atoms with Gasteiger partial charge in [-0.15, -0.1) is 0 Å². The van der Waals surface area contributed by atoms with Gasteiger partial charge in [0.2, 0.25) is 11.8 Å². The first-order valence-electron chi connectivity index (χ1n) is 3.86. The van der Waals surface area contributed by atoms with Crippen molar-refractivity contribution in [3.8, 4) is 0 Å². The van der Waals surface area contributed by atoms with E-state index in [1.54, 1.807) is 0 Å². The molecular weight excluding hydrogens is 144 g/mol. The Morgan fingerprint density at radius 1 is 1.36 bits per heavy atom.